The second-order valence-electron chi connectivity index (χ2n) is 9.43. The lowest BCUT2D eigenvalue weighted by atomic mass is 9.53. The topological polar surface area (TPSA) is 208 Å². The predicted octanol–water partition coefficient (Wildman–Crippen LogP) is -0.220. The number of aliphatic hydroxyl groups excluding tert-OH is 2. The number of Topliss-reactive ketones (excluding diaryl/α,β-unsaturated/α-hetero) is 2. The number of carbonyl (C=O) groups is 3. The Kier molecular flexibility index (Phi) is 4.56. The lowest BCUT2D eigenvalue weighted by Crippen LogP contribution is -2.71. The number of ketones is 2. The van der Waals surface area contributed by atoms with E-state index in [9.17, 15) is 34.8 Å². The highest BCUT2D eigenvalue weighted by Gasteiger charge is 2.69. The number of primary amides is 1. The van der Waals surface area contributed by atoms with Crippen LogP contribution in [0.15, 0.2) is 23.0 Å². The van der Waals surface area contributed by atoms with E-state index in [0.29, 0.717) is 24.2 Å². The van der Waals surface area contributed by atoms with Crippen molar-refractivity contribution in [1.29, 1.82) is 0 Å². The Morgan fingerprint density at radius 2 is 1.94 bits per heavy atom. The number of fused-ring (bicyclic) bond motifs is 4. The number of phenols is 1. The molecule has 1 saturated carbocycles. The van der Waals surface area contributed by atoms with Gasteiger partial charge in [-0.1, -0.05) is 0 Å². The van der Waals surface area contributed by atoms with Gasteiger partial charge in [0.05, 0.1) is 16.8 Å². The lowest BCUT2D eigenvalue weighted by molar-refractivity contribution is -0.163. The summed E-state index contributed by atoms with van der Waals surface area (Å²) in [6.45, 7) is 0.434. The maximum Gasteiger partial charge on any atom is 0.255 e. The molecule has 1 aliphatic heterocycles. The highest BCUT2D eigenvalue weighted by molar-refractivity contribution is 6.33. The fourth-order valence-corrected chi connectivity index (χ4v) is 6.41. The van der Waals surface area contributed by atoms with Crippen molar-refractivity contribution in [3.05, 3.63) is 34.1 Å². The SMILES string of the molecule is CNc1cc(N)c(O)c2c1C[C@H]1C[C@H]3C4(CCCN4)C(O)=C(C(N)=O)C(=O)[C@@]3(O)C(=O)C1=C2O. The second-order valence-corrected chi connectivity index (χ2v) is 9.43. The van der Waals surface area contributed by atoms with Crippen LogP contribution in [0.1, 0.15) is 30.4 Å². The molecule has 0 aromatic heterocycles. The second kappa shape index (κ2) is 6.97. The molecule has 1 unspecified atom stereocenters. The van der Waals surface area contributed by atoms with Crippen LogP contribution in [-0.4, -0.2) is 62.6 Å². The molecule has 4 aliphatic rings. The highest BCUT2D eigenvalue weighted by atomic mass is 16.3. The fraction of sp³-hybridized carbons (Fsp3) is 0.435. The summed E-state index contributed by atoms with van der Waals surface area (Å²) in [5.74, 6) is -6.90. The lowest BCUT2D eigenvalue weighted by Gasteiger charge is -2.53. The van der Waals surface area contributed by atoms with E-state index in [1.165, 1.54) is 6.07 Å². The summed E-state index contributed by atoms with van der Waals surface area (Å²) in [4.78, 5) is 39.3. The van der Waals surface area contributed by atoms with E-state index < -0.39 is 63.3 Å². The number of nitrogens with two attached hydrogens (primary N) is 2. The van der Waals surface area contributed by atoms with E-state index in [4.69, 9.17) is 11.5 Å². The molecule has 1 aromatic carbocycles. The number of nitrogen functional groups attached to an aromatic ring is 1. The van der Waals surface area contributed by atoms with Gasteiger partial charge in [0.15, 0.2) is 5.60 Å². The zero-order chi connectivity index (χ0) is 24.7. The molecule has 3 aliphatic carbocycles. The average molecular weight is 470 g/mol. The number of hydrogen-bond acceptors (Lipinski definition) is 10. The molecule has 1 heterocycles. The van der Waals surface area contributed by atoms with Gasteiger partial charge >= 0.3 is 0 Å². The van der Waals surface area contributed by atoms with Crippen LogP contribution < -0.4 is 22.1 Å². The quantitative estimate of drug-likeness (QED) is 0.0936. The Balaban J connectivity index is 1.77. The van der Waals surface area contributed by atoms with Gasteiger partial charge in [0, 0.05) is 24.2 Å². The molecule has 0 bridgehead atoms. The minimum absolute atomic E-state index is 0.0275. The number of rotatable bonds is 2. The third-order valence-corrected chi connectivity index (χ3v) is 7.93. The van der Waals surface area contributed by atoms with Crippen LogP contribution in [0.3, 0.4) is 0 Å². The van der Waals surface area contributed by atoms with Gasteiger partial charge in [-0.15, -0.1) is 0 Å². The van der Waals surface area contributed by atoms with E-state index in [1.807, 2.05) is 0 Å². The van der Waals surface area contributed by atoms with Gasteiger partial charge in [-0.25, -0.2) is 0 Å². The number of anilines is 2. The third kappa shape index (κ3) is 2.45. The first-order valence-electron chi connectivity index (χ1n) is 11.1. The van der Waals surface area contributed by atoms with Crippen LogP contribution in [0.5, 0.6) is 5.75 Å². The highest BCUT2D eigenvalue weighted by Crippen LogP contribution is 2.56. The Hall–Kier alpha value is -3.57. The number of phenolic OH excluding ortho intramolecular Hbond substituents is 1. The van der Waals surface area contributed by atoms with Gasteiger partial charge in [-0.05, 0) is 49.8 Å². The number of carbonyl (C=O) groups excluding carboxylic acids is 3. The Morgan fingerprint density at radius 3 is 2.53 bits per heavy atom. The van der Waals surface area contributed by atoms with Crippen molar-refractivity contribution in [3.63, 3.8) is 0 Å². The first kappa shape index (κ1) is 22.2. The molecule has 5 rings (SSSR count). The standard InChI is InChI=1S/C23H26N4O7/c1-26-11-7-10(24)16(28)14-9(11)5-8-6-12-22(3-2-4-27-22)18(30)15(21(25)33)20(32)23(12,34)19(31)13(8)17(14)29/h7-8,12,26-30,34H,2-6,24H2,1H3,(H2,25,33)/t8-,12-,22?,23-/m0/s1. The minimum Gasteiger partial charge on any atom is -0.509 e. The summed E-state index contributed by atoms with van der Waals surface area (Å²) < 4.78 is 0. The molecule has 2 fully saturated rings. The monoisotopic (exact) mass is 470 g/mol. The van der Waals surface area contributed by atoms with E-state index in [-0.39, 0.29) is 36.1 Å². The van der Waals surface area contributed by atoms with Crippen molar-refractivity contribution >= 4 is 34.6 Å². The van der Waals surface area contributed by atoms with E-state index in [2.05, 4.69) is 10.6 Å². The molecule has 10 N–H and O–H groups in total. The Bertz CT molecular complexity index is 1240. The van der Waals surface area contributed by atoms with Crippen molar-refractivity contribution < 1.29 is 34.8 Å². The van der Waals surface area contributed by atoms with Crippen molar-refractivity contribution in [1.82, 2.24) is 5.32 Å². The normalized spacial score (nSPS) is 32.5. The summed E-state index contributed by atoms with van der Waals surface area (Å²) in [7, 11) is 1.65. The molecule has 180 valence electrons. The van der Waals surface area contributed by atoms with Crippen LogP contribution in [0.4, 0.5) is 11.4 Å². The summed E-state index contributed by atoms with van der Waals surface area (Å²) in [6.07, 6.45) is 1.10. The molecule has 1 amide bonds. The van der Waals surface area contributed by atoms with Crippen LogP contribution >= 0.6 is 0 Å². The molecule has 11 heteroatoms. The number of aromatic hydroxyl groups is 1. The number of amides is 1. The van der Waals surface area contributed by atoms with Gasteiger partial charge in [0.2, 0.25) is 11.6 Å². The largest absolute Gasteiger partial charge is 0.509 e. The zero-order valence-corrected chi connectivity index (χ0v) is 18.4. The maximum absolute atomic E-state index is 13.8. The molecule has 11 nitrogen and oxygen atoms in total. The predicted molar refractivity (Wildman–Crippen MR) is 121 cm³/mol. The summed E-state index contributed by atoms with van der Waals surface area (Å²) in [5, 5.41) is 50.5. The average Bonchev–Trinajstić information content (AvgIpc) is 3.27. The fourth-order valence-electron chi connectivity index (χ4n) is 6.41. The zero-order valence-electron chi connectivity index (χ0n) is 18.4. The maximum atomic E-state index is 13.8. The Labute approximate surface area is 194 Å². The summed E-state index contributed by atoms with van der Waals surface area (Å²) >= 11 is 0. The van der Waals surface area contributed by atoms with E-state index in [1.54, 1.807) is 7.05 Å². The summed E-state index contributed by atoms with van der Waals surface area (Å²) in [6, 6.07) is 1.52. The van der Waals surface area contributed by atoms with Crippen LogP contribution in [0, 0.1) is 11.8 Å². The molecule has 4 atom stereocenters. The Morgan fingerprint density at radius 1 is 1.24 bits per heavy atom. The van der Waals surface area contributed by atoms with Crippen LogP contribution in [-0.2, 0) is 20.8 Å². The van der Waals surface area contributed by atoms with Crippen LogP contribution in [0.2, 0.25) is 0 Å². The number of benzene rings is 1. The first-order chi connectivity index (χ1) is 16.0. The van der Waals surface area contributed by atoms with Crippen molar-refractivity contribution in [2.75, 3.05) is 24.6 Å². The molecular weight excluding hydrogens is 444 g/mol. The summed E-state index contributed by atoms with van der Waals surface area (Å²) in [5.41, 5.74) is 7.11. The van der Waals surface area contributed by atoms with E-state index >= 15 is 0 Å². The van der Waals surface area contributed by atoms with Gasteiger partial charge in [-0.2, -0.15) is 0 Å². The third-order valence-electron chi connectivity index (χ3n) is 7.93. The molecule has 34 heavy (non-hydrogen) atoms. The van der Waals surface area contributed by atoms with Crippen molar-refractivity contribution in [3.8, 4) is 5.75 Å². The smallest absolute Gasteiger partial charge is 0.255 e. The van der Waals surface area contributed by atoms with Gasteiger partial charge in [-0.3, -0.25) is 14.4 Å². The minimum atomic E-state index is -2.73. The molecular formula is C23H26N4O7. The molecule has 1 aromatic rings. The van der Waals surface area contributed by atoms with Gasteiger partial charge in [0.1, 0.15) is 22.8 Å². The van der Waals surface area contributed by atoms with Crippen molar-refractivity contribution in [2.45, 2.75) is 36.8 Å². The number of nitrogens with one attached hydrogen (secondary N) is 2. The molecule has 1 saturated heterocycles. The van der Waals surface area contributed by atoms with E-state index in [0.717, 1.165) is 0 Å². The molecule has 1 spiro atoms. The van der Waals surface area contributed by atoms with Gasteiger partial charge in [0.25, 0.3) is 5.91 Å². The van der Waals surface area contributed by atoms with Gasteiger partial charge < -0.3 is 42.5 Å². The molecule has 0 radical (unpaired) electrons. The first-order valence-corrected chi connectivity index (χ1v) is 11.1. The van der Waals surface area contributed by atoms with Crippen LogP contribution in [0.25, 0.3) is 5.76 Å². The number of aliphatic hydroxyl groups is 3. The number of hydrogen-bond donors (Lipinski definition) is 8. The van der Waals surface area contributed by atoms with Crippen molar-refractivity contribution in [2.24, 2.45) is 17.6 Å².